The molecule has 0 aliphatic heterocycles. The molecule has 0 amide bonds. The van der Waals surface area contributed by atoms with E-state index in [1.807, 2.05) is 0 Å². The molecular weight excluding hydrogens is 201 g/mol. The first-order valence-corrected chi connectivity index (χ1v) is 6.44. The van der Waals surface area contributed by atoms with Gasteiger partial charge in [0.25, 0.3) is 0 Å². The van der Waals surface area contributed by atoms with Gasteiger partial charge in [-0.15, -0.1) is 0 Å². The van der Waals surface area contributed by atoms with Crippen LogP contribution < -0.4 is 5.73 Å². The standard InChI is InChI=1S/C9H22NO3P/c10-8-6-4-2-1-3-5-7-9-13-14(11)12/h11-12H,1-10H2. The average Bonchev–Trinajstić information content (AvgIpc) is 2.15. The van der Waals surface area contributed by atoms with Crippen molar-refractivity contribution in [3.8, 4) is 0 Å². The van der Waals surface area contributed by atoms with Gasteiger partial charge in [-0.1, -0.05) is 32.1 Å². The lowest BCUT2D eigenvalue weighted by Crippen LogP contribution is -1.97. The van der Waals surface area contributed by atoms with Gasteiger partial charge in [-0.3, -0.25) is 0 Å². The van der Waals surface area contributed by atoms with Crippen molar-refractivity contribution in [3.63, 3.8) is 0 Å². The van der Waals surface area contributed by atoms with Gasteiger partial charge in [-0.05, 0) is 19.4 Å². The van der Waals surface area contributed by atoms with Crippen molar-refractivity contribution in [2.24, 2.45) is 5.73 Å². The van der Waals surface area contributed by atoms with Gasteiger partial charge < -0.3 is 20.0 Å². The van der Waals surface area contributed by atoms with E-state index < -0.39 is 8.60 Å². The Bertz CT molecular complexity index is 114. The highest BCUT2D eigenvalue weighted by Gasteiger charge is 1.97. The number of hydrogen-bond donors (Lipinski definition) is 3. The zero-order valence-corrected chi connectivity index (χ0v) is 9.59. The first kappa shape index (κ1) is 14.3. The van der Waals surface area contributed by atoms with Crippen LogP contribution >= 0.6 is 8.60 Å². The fourth-order valence-electron chi connectivity index (χ4n) is 1.28. The fraction of sp³-hybridized carbons (Fsp3) is 1.00. The van der Waals surface area contributed by atoms with Crippen LogP contribution in [-0.2, 0) is 4.52 Å². The van der Waals surface area contributed by atoms with Gasteiger partial charge in [0.2, 0.25) is 0 Å². The van der Waals surface area contributed by atoms with Crippen LogP contribution in [0.4, 0.5) is 0 Å². The molecule has 0 rings (SSSR count). The summed E-state index contributed by atoms with van der Waals surface area (Å²) in [5, 5.41) is 0. The highest BCUT2D eigenvalue weighted by Crippen LogP contribution is 2.24. The molecule has 4 N–H and O–H groups in total. The molecule has 4 nitrogen and oxygen atoms in total. The van der Waals surface area contributed by atoms with Crippen molar-refractivity contribution in [2.75, 3.05) is 13.2 Å². The molecule has 0 saturated carbocycles. The molecular formula is C9H22NO3P. The normalized spacial score (nSPS) is 11.1. The molecule has 0 radical (unpaired) electrons. The molecule has 0 heterocycles. The maximum absolute atomic E-state index is 8.44. The fourth-order valence-corrected chi connectivity index (χ4v) is 1.57. The van der Waals surface area contributed by atoms with Gasteiger partial charge in [-0.2, -0.15) is 0 Å². The summed E-state index contributed by atoms with van der Waals surface area (Å²) in [6.07, 6.45) is 8.07. The average molecular weight is 223 g/mol. The molecule has 0 saturated heterocycles. The minimum atomic E-state index is -2.15. The lowest BCUT2D eigenvalue weighted by molar-refractivity contribution is 0.248. The molecule has 0 bridgehead atoms. The van der Waals surface area contributed by atoms with Crippen LogP contribution in [-0.4, -0.2) is 22.9 Å². The van der Waals surface area contributed by atoms with Gasteiger partial charge in [0, 0.05) is 0 Å². The molecule has 0 aliphatic carbocycles. The molecule has 0 atom stereocenters. The third kappa shape index (κ3) is 12.3. The lowest BCUT2D eigenvalue weighted by Gasteiger charge is -2.03. The summed E-state index contributed by atoms with van der Waals surface area (Å²) >= 11 is 0. The number of nitrogens with two attached hydrogens (primary N) is 1. The minimum absolute atomic E-state index is 0.460. The summed E-state index contributed by atoms with van der Waals surface area (Å²) in [5.41, 5.74) is 5.38. The third-order valence-corrected chi connectivity index (χ3v) is 2.47. The smallest absolute Gasteiger partial charge is 0.327 e. The van der Waals surface area contributed by atoms with E-state index in [2.05, 4.69) is 4.52 Å². The van der Waals surface area contributed by atoms with Crippen LogP contribution in [0.1, 0.15) is 44.9 Å². The molecule has 0 unspecified atom stereocenters. The quantitative estimate of drug-likeness (QED) is 0.390. The molecule has 0 aromatic rings. The summed E-state index contributed by atoms with van der Waals surface area (Å²) in [4.78, 5) is 16.9. The summed E-state index contributed by atoms with van der Waals surface area (Å²) < 4.78 is 4.65. The van der Waals surface area contributed by atoms with Gasteiger partial charge in [0.1, 0.15) is 0 Å². The molecule has 0 aliphatic rings. The highest BCUT2D eigenvalue weighted by molar-refractivity contribution is 7.39. The van der Waals surface area contributed by atoms with Crippen LogP contribution in [0.15, 0.2) is 0 Å². The molecule has 14 heavy (non-hydrogen) atoms. The van der Waals surface area contributed by atoms with E-state index in [0.717, 1.165) is 25.8 Å². The van der Waals surface area contributed by atoms with E-state index in [1.54, 1.807) is 0 Å². The first-order valence-electron chi connectivity index (χ1n) is 5.28. The zero-order chi connectivity index (χ0) is 10.6. The minimum Gasteiger partial charge on any atom is -0.330 e. The predicted octanol–water partition coefficient (Wildman–Crippen LogP) is 1.90. The molecule has 0 aromatic heterocycles. The first-order chi connectivity index (χ1) is 6.77. The topological polar surface area (TPSA) is 75.7 Å². The van der Waals surface area contributed by atoms with Crippen LogP contribution in [0.2, 0.25) is 0 Å². The van der Waals surface area contributed by atoms with E-state index in [9.17, 15) is 0 Å². The van der Waals surface area contributed by atoms with Gasteiger partial charge in [0.15, 0.2) is 0 Å². The Kier molecular flexibility index (Phi) is 11.6. The van der Waals surface area contributed by atoms with Crippen molar-refractivity contribution in [1.82, 2.24) is 0 Å². The summed E-state index contributed by atoms with van der Waals surface area (Å²) in [6.45, 7) is 1.26. The molecule has 0 aromatic carbocycles. The van der Waals surface area contributed by atoms with E-state index in [-0.39, 0.29) is 0 Å². The van der Waals surface area contributed by atoms with Crippen molar-refractivity contribution in [2.45, 2.75) is 44.9 Å². The number of hydrogen-bond acceptors (Lipinski definition) is 4. The van der Waals surface area contributed by atoms with Crippen LogP contribution in [0.5, 0.6) is 0 Å². The van der Waals surface area contributed by atoms with Crippen molar-refractivity contribution in [3.05, 3.63) is 0 Å². The van der Waals surface area contributed by atoms with E-state index in [0.29, 0.717) is 6.61 Å². The Morgan fingerprint density at radius 1 is 0.857 bits per heavy atom. The Balaban J connectivity index is 2.85. The lowest BCUT2D eigenvalue weighted by atomic mass is 10.1. The largest absolute Gasteiger partial charge is 0.330 e. The zero-order valence-electron chi connectivity index (χ0n) is 8.69. The van der Waals surface area contributed by atoms with Crippen LogP contribution in [0.3, 0.4) is 0 Å². The molecule has 5 heteroatoms. The second-order valence-electron chi connectivity index (χ2n) is 3.35. The van der Waals surface area contributed by atoms with Crippen molar-refractivity contribution >= 4 is 8.60 Å². The Hall–Kier alpha value is 0.270. The maximum Gasteiger partial charge on any atom is 0.327 e. The van der Waals surface area contributed by atoms with Crippen molar-refractivity contribution in [1.29, 1.82) is 0 Å². The Morgan fingerprint density at radius 2 is 1.36 bits per heavy atom. The summed E-state index contributed by atoms with van der Waals surface area (Å²) in [7, 11) is -2.15. The monoisotopic (exact) mass is 223 g/mol. The van der Waals surface area contributed by atoms with Gasteiger partial charge >= 0.3 is 8.60 Å². The summed E-state index contributed by atoms with van der Waals surface area (Å²) in [5.74, 6) is 0. The van der Waals surface area contributed by atoms with Crippen LogP contribution in [0, 0.1) is 0 Å². The Labute approximate surface area is 87.5 Å². The molecule has 0 spiro atoms. The van der Waals surface area contributed by atoms with Crippen molar-refractivity contribution < 1.29 is 14.3 Å². The second-order valence-corrected chi connectivity index (χ2v) is 4.11. The summed E-state index contributed by atoms with van der Waals surface area (Å²) in [6, 6.07) is 0. The number of rotatable bonds is 10. The van der Waals surface area contributed by atoms with Gasteiger partial charge in [-0.25, -0.2) is 0 Å². The SMILES string of the molecule is NCCCCCCCCCOP(O)O. The van der Waals surface area contributed by atoms with E-state index in [4.69, 9.17) is 15.5 Å². The second kappa shape index (κ2) is 11.3. The van der Waals surface area contributed by atoms with Crippen LogP contribution in [0.25, 0.3) is 0 Å². The Morgan fingerprint density at radius 3 is 1.86 bits per heavy atom. The molecule has 0 fully saturated rings. The van der Waals surface area contributed by atoms with E-state index in [1.165, 1.54) is 25.7 Å². The third-order valence-electron chi connectivity index (χ3n) is 2.06. The number of unbranched alkanes of at least 4 members (excludes halogenated alkanes) is 6. The van der Waals surface area contributed by atoms with Gasteiger partial charge in [0.05, 0.1) is 6.61 Å². The molecule has 86 valence electrons. The maximum atomic E-state index is 8.44. The highest BCUT2D eigenvalue weighted by atomic mass is 31.2. The predicted molar refractivity (Wildman–Crippen MR) is 58.7 cm³/mol. The van der Waals surface area contributed by atoms with E-state index >= 15 is 0 Å².